The van der Waals surface area contributed by atoms with Gasteiger partial charge in [-0.2, -0.15) is 0 Å². The minimum absolute atomic E-state index is 0.0347. The molecule has 1 aliphatic heterocycles. The molecule has 0 saturated carbocycles. The zero-order valence-electron chi connectivity index (χ0n) is 15.6. The molecule has 0 fully saturated rings. The second-order valence-corrected chi connectivity index (χ2v) is 10.2. The summed E-state index contributed by atoms with van der Waals surface area (Å²) in [5.74, 6) is -0.0932. The van der Waals surface area contributed by atoms with E-state index in [0.29, 0.717) is 11.3 Å². The van der Waals surface area contributed by atoms with E-state index < -0.39 is 20.0 Å². The zero-order chi connectivity index (χ0) is 20.7. The second kappa shape index (κ2) is 7.19. The van der Waals surface area contributed by atoms with Crippen molar-refractivity contribution in [2.45, 2.75) is 36.1 Å². The molecule has 0 aliphatic carbocycles. The molecule has 0 bridgehead atoms. The van der Waals surface area contributed by atoms with Gasteiger partial charge in [0.25, 0.3) is 10.0 Å². The van der Waals surface area contributed by atoms with Crippen molar-refractivity contribution in [2.24, 2.45) is 0 Å². The number of likely N-dealkylation sites (N-methyl/N-ethyl adjacent to an activating group) is 1. The van der Waals surface area contributed by atoms with Crippen molar-refractivity contribution < 1.29 is 21.6 Å². The Morgan fingerprint density at radius 1 is 0.929 bits per heavy atom. The number of hydrogen-bond acceptors (Lipinski definition) is 5. The molecular formula is C18H21N3O5S2. The summed E-state index contributed by atoms with van der Waals surface area (Å²) in [7, 11) is -5.89. The topological polar surface area (TPSA) is 113 Å². The number of nitrogens with zero attached hydrogens (tertiary/aromatic N) is 1. The van der Waals surface area contributed by atoms with Gasteiger partial charge in [0.15, 0.2) is 0 Å². The molecule has 0 saturated heterocycles. The summed E-state index contributed by atoms with van der Waals surface area (Å²) in [6.07, 6.45) is 0.157. The molecule has 10 heteroatoms. The molecular weight excluding hydrogens is 402 g/mol. The highest BCUT2D eigenvalue weighted by atomic mass is 32.2. The third-order valence-electron chi connectivity index (χ3n) is 4.25. The zero-order valence-corrected chi connectivity index (χ0v) is 17.3. The highest BCUT2D eigenvalue weighted by molar-refractivity contribution is 7.92. The van der Waals surface area contributed by atoms with Crippen LogP contribution in [-0.2, 0) is 31.3 Å². The van der Waals surface area contributed by atoms with Crippen molar-refractivity contribution in [1.29, 1.82) is 0 Å². The van der Waals surface area contributed by atoms with Gasteiger partial charge in [-0.05, 0) is 61.9 Å². The van der Waals surface area contributed by atoms with Crippen LogP contribution in [0.3, 0.4) is 0 Å². The largest absolute Gasteiger partial charge is 0.315 e. The summed E-state index contributed by atoms with van der Waals surface area (Å²) in [4.78, 5) is 13.3. The van der Waals surface area contributed by atoms with Gasteiger partial charge >= 0.3 is 0 Å². The van der Waals surface area contributed by atoms with Crippen molar-refractivity contribution >= 4 is 37.3 Å². The molecule has 0 aromatic heterocycles. The molecule has 1 amide bonds. The monoisotopic (exact) mass is 423 g/mol. The molecule has 2 N–H and O–H groups in total. The van der Waals surface area contributed by atoms with E-state index in [0.717, 1.165) is 0 Å². The van der Waals surface area contributed by atoms with Gasteiger partial charge in [0.1, 0.15) is 0 Å². The van der Waals surface area contributed by atoms with Crippen LogP contribution in [0.4, 0.5) is 11.4 Å². The maximum Gasteiger partial charge on any atom is 0.261 e. The predicted octanol–water partition coefficient (Wildman–Crippen LogP) is 1.69. The van der Waals surface area contributed by atoms with E-state index in [1.165, 1.54) is 41.3 Å². The SMILES string of the molecule is CC(C)NS(=O)(=O)c1ccc(NS(=O)(=O)c2ccc3c(c2)CC(=O)N3C)cc1. The molecule has 150 valence electrons. The second-order valence-electron chi connectivity index (χ2n) is 6.83. The van der Waals surface area contributed by atoms with E-state index in [-0.39, 0.29) is 33.8 Å². The van der Waals surface area contributed by atoms with Gasteiger partial charge in [-0.15, -0.1) is 0 Å². The van der Waals surface area contributed by atoms with E-state index in [1.54, 1.807) is 27.0 Å². The fourth-order valence-electron chi connectivity index (χ4n) is 2.91. The Balaban J connectivity index is 1.82. The van der Waals surface area contributed by atoms with Crippen molar-refractivity contribution in [1.82, 2.24) is 4.72 Å². The molecule has 2 aromatic carbocycles. The number of hydrogen-bond donors (Lipinski definition) is 2. The van der Waals surface area contributed by atoms with Crippen LogP contribution in [0.2, 0.25) is 0 Å². The molecule has 0 spiro atoms. The van der Waals surface area contributed by atoms with Crippen LogP contribution in [0.25, 0.3) is 0 Å². The van der Waals surface area contributed by atoms with Crippen LogP contribution in [0.15, 0.2) is 52.3 Å². The van der Waals surface area contributed by atoms with E-state index >= 15 is 0 Å². The summed E-state index contributed by atoms with van der Waals surface area (Å²) >= 11 is 0. The van der Waals surface area contributed by atoms with Crippen LogP contribution in [0.1, 0.15) is 19.4 Å². The maximum absolute atomic E-state index is 12.7. The number of amides is 1. The van der Waals surface area contributed by atoms with Gasteiger partial charge in [0, 0.05) is 24.5 Å². The lowest BCUT2D eigenvalue weighted by atomic mass is 10.2. The number of benzene rings is 2. The highest BCUT2D eigenvalue weighted by Crippen LogP contribution is 2.30. The third-order valence-corrected chi connectivity index (χ3v) is 7.30. The van der Waals surface area contributed by atoms with Crippen LogP contribution in [0.5, 0.6) is 0 Å². The van der Waals surface area contributed by atoms with E-state index in [9.17, 15) is 21.6 Å². The Kier molecular flexibility index (Phi) is 5.22. The van der Waals surface area contributed by atoms with Gasteiger partial charge in [-0.3, -0.25) is 9.52 Å². The summed E-state index contributed by atoms with van der Waals surface area (Å²) < 4.78 is 54.5. The van der Waals surface area contributed by atoms with E-state index in [4.69, 9.17) is 0 Å². The van der Waals surface area contributed by atoms with Crippen LogP contribution in [0, 0.1) is 0 Å². The molecule has 1 heterocycles. The lowest BCUT2D eigenvalue weighted by molar-refractivity contribution is -0.117. The number of rotatable bonds is 6. The average Bonchev–Trinajstić information content (AvgIpc) is 2.88. The Bertz CT molecular complexity index is 1120. The lowest BCUT2D eigenvalue weighted by Gasteiger charge is -2.13. The molecule has 0 atom stereocenters. The number of carbonyl (C=O) groups excluding carboxylic acids is 1. The van der Waals surface area contributed by atoms with Crippen molar-refractivity contribution in [3.05, 3.63) is 48.0 Å². The maximum atomic E-state index is 12.7. The van der Waals surface area contributed by atoms with Gasteiger partial charge in [-0.1, -0.05) is 0 Å². The minimum atomic E-state index is -3.88. The summed E-state index contributed by atoms with van der Waals surface area (Å²) in [6, 6.07) is 9.69. The smallest absolute Gasteiger partial charge is 0.261 e. The first-order valence-electron chi connectivity index (χ1n) is 8.54. The van der Waals surface area contributed by atoms with Gasteiger partial charge in [0.2, 0.25) is 15.9 Å². The third kappa shape index (κ3) is 4.03. The minimum Gasteiger partial charge on any atom is -0.315 e. The van der Waals surface area contributed by atoms with E-state index in [1.807, 2.05) is 0 Å². The van der Waals surface area contributed by atoms with E-state index in [2.05, 4.69) is 9.44 Å². The molecule has 3 rings (SSSR count). The predicted molar refractivity (Wildman–Crippen MR) is 106 cm³/mol. The van der Waals surface area contributed by atoms with Gasteiger partial charge in [0.05, 0.1) is 16.2 Å². The molecule has 8 nitrogen and oxygen atoms in total. The molecule has 0 unspecified atom stereocenters. The number of nitrogens with one attached hydrogen (secondary N) is 2. The Morgan fingerprint density at radius 3 is 2.14 bits per heavy atom. The van der Waals surface area contributed by atoms with Crippen molar-refractivity contribution in [3.63, 3.8) is 0 Å². The summed E-state index contributed by atoms with van der Waals surface area (Å²) in [5, 5.41) is 0. The normalized spacial score (nSPS) is 14.4. The van der Waals surface area contributed by atoms with Crippen LogP contribution < -0.4 is 14.3 Å². The van der Waals surface area contributed by atoms with Gasteiger partial charge in [-0.25, -0.2) is 21.6 Å². The van der Waals surface area contributed by atoms with Gasteiger partial charge < -0.3 is 4.90 Å². The molecule has 2 aromatic rings. The summed E-state index contributed by atoms with van der Waals surface area (Å²) in [6.45, 7) is 3.42. The molecule has 0 radical (unpaired) electrons. The number of carbonyl (C=O) groups is 1. The standard InChI is InChI=1S/C18H21N3O5S2/c1-12(2)19-27(23,24)15-6-4-14(5-7-15)20-28(25,26)16-8-9-17-13(10-16)11-18(22)21(17)3/h4-10,12,19-20H,11H2,1-3H3. The number of fused-ring (bicyclic) bond motifs is 1. The number of sulfonamides is 2. The first-order chi connectivity index (χ1) is 13.0. The van der Waals surface area contributed by atoms with Crippen LogP contribution in [-0.4, -0.2) is 35.8 Å². The van der Waals surface area contributed by atoms with Crippen molar-refractivity contribution in [2.75, 3.05) is 16.7 Å². The lowest BCUT2D eigenvalue weighted by Crippen LogP contribution is -2.30. The molecule has 28 heavy (non-hydrogen) atoms. The first-order valence-corrected chi connectivity index (χ1v) is 11.5. The first kappa shape index (κ1) is 20.3. The highest BCUT2D eigenvalue weighted by Gasteiger charge is 2.26. The number of anilines is 2. The Labute approximate surface area is 164 Å². The summed E-state index contributed by atoms with van der Waals surface area (Å²) in [5.41, 5.74) is 1.57. The quantitative estimate of drug-likeness (QED) is 0.734. The average molecular weight is 424 g/mol. The Morgan fingerprint density at radius 2 is 1.54 bits per heavy atom. The van der Waals surface area contributed by atoms with Crippen LogP contribution >= 0.6 is 0 Å². The fraction of sp³-hybridized carbons (Fsp3) is 0.278. The fourth-order valence-corrected chi connectivity index (χ4v) is 5.27. The Hall–Kier alpha value is -2.43. The van der Waals surface area contributed by atoms with Crippen molar-refractivity contribution in [3.8, 4) is 0 Å². The molecule has 1 aliphatic rings.